The van der Waals surface area contributed by atoms with Crippen molar-refractivity contribution in [1.82, 2.24) is 9.36 Å². The van der Waals surface area contributed by atoms with Crippen molar-refractivity contribution in [3.8, 4) is 11.3 Å². The maximum absolute atomic E-state index is 4.47. The Morgan fingerprint density at radius 1 is 1.00 bits per heavy atom. The lowest BCUT2D eigenvalue weighted by atomic mass is 10.1. The molecule has 0 amide bonds. The molecule has 2 heterocycles. The minimum absolute atomic E-state index is 1.03. The molecular weight excluding hydrogens is 204 g/mol. The third kappa shape index (κ3) is 1.41. The lowest BCUT2D eigenvalue weighted by Crippen LogP contribution is -1.77. The Kier molecular flexibility index (Phi) is 1.96. The highest BCUT2D eigenvalue weighted by atomic mass is 32.1. The van der Waals surface area contributed by atoms with Gasteiger partial charge in [-0.05, 0) is 17.6 Å². The molecule has 15 heavy (non-hydrogen) atoms. The molecule has 1 aromatic carbocycles. The molecular formula is C12H8N2S. The third-order valence-corrected chi connectivity index (χ3v) is 3.15. The summed E-state index contributed by atoms with van der Waals surface area (Å²) in [6.45, 7) is 0. The first-order chi connectivity index (χ1) is 7.45. The van der Waals surface area contributed by atoms with E-state index in [2.05, 4.69) is 21.5 Å². The van der Waals surface area contributed by atoms with E-state index in [4.69, 9.17) is 0 Å². The van der Waals surface area contributed by atoms with Gasteiger partial charge in [0.15, 0.2) is 0 Å². The van der Waals surface area contributed by atoms with E-state index in [1.165, 1.54) is 16.2 Å². The molecule has 0 N–H and O–H groups in total. The fourth-order valence-corrected chi connectivity index (χ4v) is 2.35. The van der Waals surface area contributed by atoms with Gasteiger partial charge in [-0.15, -0.1) is 0 Å². The Bertz CT molecular complexity index is 587. The van der Waals surface area contributed by atoms with Gasteiger partial charge in [-0.2, -0.15) is 4.37 Å². The molecule has 2 aromatic heterocycles. The van der Waals surface area contributed by atoms with Crippen LogP contribution < -0.4 is 0 Å². The second kappa shape index (κ2) is 3.44. The van der Waals surface area contributed by atoms with E-state index < -0.39 is 0 Å². The van der Waals surface area contributed by atoms with Crippen molar-refractivity contribution in [1.29, 1.82) is 0 Å². The highest BCUT2D eigenvalue weighted by molar-refractivity contribution is 7.13. The summed E-state index contributed by atoms with van der Waals surface area (Å²) in [6.07, 6.45) is 3.68. The highest BCUT2D eigenvalue weighted by Crippen LogP contribution is 2.29. The smallest absolute Gasteiger partial charge is 0.0934 e. The molecule has 3 rings (SSSR count). The van der Waals surface area contributed by atoms with Crippen molar-refractivity contribution < 1.29 is 0 Å². The summed E-state index contributed by atoms with van der Waals surface area (Å²) in [4.78, 5) is 4.14. The first kappa shape index (κ1) is 8.56. The van der Waals surface area contributed by atoms with Gasteiger partial charge in [0.1, 0.15) is 0 Å². The Hall–Kier alpha value is -1.74. The van der Waals surface area contributed by atoms with Crippen LogP contribution in [0, 0.1) is 0 Å². The van der Waals surface area contributed by atoms with Crippen LogP contribution in [0.15, 0.2) is 48.8 Å². The van der Waals surface area contributed by atoms with Gasteiger partial charge in [-0.3, -0.25) is 4.98 Å². The van der Waals surface area contributed by atoms with Gasteiger partial charge in [0, 0.05) is 23.3 Å². The van der Waals surface area contributed by atoms with Gasteiger partial charge in [0.25, 0.3) is 0 Å². The van der Waals surface area contributed by atoms with Crippen LogP contribution in [0.3, 0.4) is 0 Å². The summed E-state index contributed by atoms with van der Waals surface area (Å²) in [5.41, 5.74) is 2.18. The molecule has 0 atom stereocenters. The van der Waals surface area contributed by atoms with Gasteiger partial charge in [-0.25, -0.2) is 0 Å². The lowest BCUT2D eigenvalue weighted by molar-refractivity contribution is 1.37. The molecule has 3 heteroatoms. The van der Waals surface area contributed by atoms with Crippen LogP contribution in [0.1, 0.15) is 0 Å². The molecule has 0 saturated heterocycles. The monoisotopic (exact) mass is 212 g/mol. The molecule has 0 unspecified atom stereocenters. The maximum Gasteiger partial charge on any atom is 0.0934 e. The summed E-state index contributed by atoms with van der Waals surface area (Å²) in [5, 5.41) is 1.13. The van der Waals surface area contributed by atoms with E-state index in [1.807, 2.05) is 30.5 Å². The van der Waals surface area contributed by atoms with Crippen LogP contribution in [0.25, 0.3) is 21.3 Å². The van der Waals surface area contributed by atoms with E-state index in [-0.39, 0.29) is 0 Å². The number of hydrogen-bond acceptors (Lipinski definition) is 3. The summed E-state index contributed by atoms with van der Waals surface area (Å²) in [7, 11) is 0. The van der Waals surface area contributed by atoms with Gasteiger partial charge >= 0.3 is 0 Å². The second-order valence-electron chi connectivity index (χ2n) is 3.27. The van der Waals surface area contributed by atoms with E-state index in [0.29, 0.717) is 0 Å². The molecule has 0 aliphatic carbocycles. The molecule has 0 aliphatic heterocycles. The summed E-state index contributed by atoms with van der Waals surface area (Å²) in [5.74, 6) is 0. The lowest BCUT2D eigenvalue weighted by Gasteiger charge is -1.95. The van der Waals surface area contributed by atoms with Gasteiger partial charge in [0.05, 0.1) is 10.4 Å². The molecule has 0 bridgehead atoms. The standard InChI is InChI=1S/C12H8N2S/c1-2-4-9(5-3-1)12-10-8-13-7-6-11(10)15-14-12/h1-8H. The normalized spacial score (nSPS) is 10.7. The van der Waals surface area contributed by atoms with Crippen molar-refractivity contribution in [2.75, 3.05) is 0 Å². The summed E-state index contributed by atoms with van der Waals surface area (Å²) < 4.78 is 5.65. The SMILES string of the molecule is c1ccc(-c2nsc3ccncc23)cc1. The Balaban J connectivity index is 2.28. The van der Waals surface area contributed by atoms with Gasteiger partial charge < -0.3 is 0 Å². The zero-order chi connectivity index (χ0) is 10.1. The zero-order valence-corrected chi connectivity index (χ0v) is 8.74. The average molecular weight is 212 g/mol. The van der Waals surface area contributed by atoms with Crippen LogP contribution in [0.5, 0.6) is 0 Å². The Labute approximate surface area is 91.4 Å². The van der Waals surface area contributed by atoms with Crippen molar-refractivity contribution in [2.45, 2.75) is 0 Å². The topological polar surface area (TPSA) is 25.8 Å². The molecule has 72 valence electrons. The van der Waals surface area contributed by atoms with Crippen molar-refractivity contribution in [3.63, 3.8) is 0 Å². The van der Waals surface area contributed by atoms with Crippen LogP contribution in [0.2, 0.25) is 0 Å². The van der Waals surface area contributed by atoms with E-state index in [1.54, 1.807) is 6.20 Å². The van der Waals surface area contributed by atoms with Gasteiger partial charge in [-0.1, -0.05) is 30.3 Å². The Morgan fingerprint density at radius 3 is 2.73 bits per heavy atom. The van der Waals surface area contributed by atoms with Crippen molar-refractivity contribution in [3.05, 3.63) is 48.8 Å². The number of hydrogen-bond donors (Lipinski definition) is 0. The van der Waals surface area contributed by atoms with Gasteiger partial charge in [0.2, 0.25) is 0 Å². The zero-order valence-electron chi connectivity index (χ0n) is 7.92. The number of pyridine rings is 1. The first-order valence-electron chi connectivity index (χ1n) is 4.70. The van der Waals surface area contributed by atoms with E-state index in [0.717, 1.165) is 16.6 Å². The largest absolute Gasteiger partial charge is 0.264 e. The summed E-state index contributed by atoms with van der Waals surface area (Å²) >= 11 is 1.52. The minimum Gasteiger partial charge on any atom is -0.264 e. The van der Waals surface area contributed by atoms with E-state index >= 15 is 0 Å². The number of benzene rings is 1. The molecule has 0 fully saturated rings. The number of aromatic nitrogens is 2. The minimum atomic E-state index is 1.03. The molecule has 2 nitrogen and oxygen atoms in total. The van der Waals surface area contributed by atoms with Crippen LogP contribution in [-0.4, -0.2) is 9.36 Å². The Morgan fingerprint density at radius 2 is 1.87 bits per heavy atom. The van der Waals surface area contributed by atoms with Crippen LogP contribution >= 0.6 is 11.5 Å². The fraction of sp³-hybridized carbons (Fsp3) is 0. The number of rotatable bonds is 1. The first-order valence-corrected chi connectivity index (χ1v) is 5.47. The number of fused-ring (bicyclic) bond motifs is 1. The molecule has 0 radical (unpaired) electrons. The highest BCUT2D eigenvalue weighted by Gasteiger charge is 2.06. The van der Waals surface area contributed by atoms with Crippen molar-refractivity contribution >= 4 is 21.6 Å². The van der Waals surface area contributed by atoms with Crippen LogP contribution in [-0.2, 0) is 0 Å². The molecule has 0 aliphatic rings. The second-order valence-corrected chi connectivity index (χ2v) is 4.07. The third-order valence-electron chi connectivity index (χ3n) is 2.32. The van der Waals surface area contributed by atoms with Crippen molar-refractivity contribution in [2.24, 2.45) is 0 Å². The summed E-state index contributed by atoms with van der Waals surface area (Å²) in [6, 6.07) is 12.2. The molecule has 0 saturated carbocycles. The quantitative estimate of drug-likeness (QED) is 0.618. The predicted octanol–water partition coefficient (Wildman–Crippen LogP) is 3.36. The average Bonchev–Trinajstić information content (AvgIpc) is 2.74. The fourth-order valence-electron chi connectivity index (χ4n) is 1.59. The van der Waals surface area contributed by atoms with E-state index in [9.17, 15) is 0 Å². The predicted molar refractivity (Wildman–Crippen MR) is 62.9 cm³/mol. The van der Waals surface area contributed by atoms with Crippen LogP contribution in [0.4, 0.5) is 0 Å². The number of nitrogens with zero attached hydrogens (tertiary/aromatic N) is 2. The molecule has 3 aromatic rings. The molecule has 0 spiro atoms. The maximum atomic E-state index is 4.47.